The second-order valence-corrected chi connectivity index (χ2v) is 1.39. The van der Waals surface area contributed by atoms with Crippen LogP contribution < -0.4 is 0 Å². The number of aromatic nitrogens is 3. The molecule has 0 amide bonds. The maximum Gasteiger partial charge on any atom is 0.242 e. The van der Waals surface area contributed by atoms with Crippen molar-refractivity contribution >= 4 is 11.6 Å². The molecule has 1 radical (unpaired) electrons. The van der Waals surface area contributed by atoms with Gasteiger partial charge in [-0.25, -0.2) is 9.67 Å². The van der Waals surface area contributed by atoms with Crippen molar-refractivity contribution in [1.82, 2.24) is 14.8 Å². The van der Waals surface area contributed by atoms with Gasteiger partial charge in [0.15, 0.2) is 0 Å². The van der Waals surface area contributed by atoms with Gasteiger partial charge in [-0.05, 0) is 11.6 Å². The first-order chi connectivity index (χ1) is 3.29. The van der Waals surface area contributed by atoms with Gasteiger partial charge in [-0.1, -0.05) is 0 Å². The summed E-state index contributed by atoms with van der Waals surface area (Å²) in [6, 6.07) is 0. The van der Waals surface area contributed by atoms with Gasteiger partial charge in [0.1, 0.15) is 6.33 Å². The molecule has 1 heterocycles. The molecule has 0 N–H and O–H groups in total. The van der Waals surface area contributed by atoms with E-state index in [1.807, 2.05) is 0 Å². The van der Waals surface area contributed by atoms with Crippen LogP contribution in [-0.2, 0) is 0 Å². The summed E-state index contributed by atoms with van der Waals surface area (Å²) in [7, 11) is 3.40. The molecule has 0 bridgehead atoms. The summed E-state index contributed by atoms with van der Waals surface area (Å²) in [5, 5.41) is 3.80. The lowest BCUT2D eigenvalue weighted by atomic mass is 11.2. The molecule has 1 aromatic rings. The molecular weight excluding hydrogens is 114 g/mol. The first-order valence-electron chi connectivity index (χ1n) is 1.67. The average Bonchev–Trinajstić information content (AvgIpc) is 1.87. The van der Waals surface area contributed by atoms with E-state index in [1.54, 1.807) is 0 Å². The molecule has 1 aromatic heterocycles. The molecule has 0 aliphatic rings. The van der Waals surface area contributed by atoms with Crippen molar-refractivity contribution in [3.05, 3.63) is 18.7 Å². The largest absolute Gasteiger partial charge is 0.250 e. The predicted molar refractivity (Wildman–Crippen MR) is 25.8 cm³/mol. The number of rotatable bonds is 0. The Balaban J connectivity index is 3.04. The number of hydrogen-bond donors (Lipinski definition) is 0. The maximum absolute atomic E-state index is 5.28. The van der Waals surface area contributed by atoms with Crippen LogP contribution >= 0.6 is 11.6 Å². The lowest BCUT2D eigenvalue weighted by molar-refractivity contribution is 0.876. The molecule has 0 atom stereocenters. The van der Waals surface area contributed by atoms with Crippen LogP contribution in [0.1, 0.15) is 0 Å². The Kier molecular flexibility index (Phi) is 0.982. The predicted octanol–water partition coefficient (Wildman–Crippen LogP) is 0.571. The normalized spacial score (nSPS) is 9.43. The zero-order valence-corrected chi connectivity index (χ0v) is 4.26. The minimum absolute atomic E-state index is 0.231. The van der Waals surface area contributed by atoms with Gasteiger partial charge < -0.3 is 0 Å². The molecule has 0 fully saturated rings. The standard InChI is InChI=1S/C3H3ClN3/c1-7-2-5-3(4)6-7/h2H,1H2. The minimum atomic E-state index is 0.231. The highest BCUT2D eigenvalue weighted by Crippen LogP contribution is 1.93. The summed E-state index contributed by atoms with van der Waals surface area (Å²) in [6.45, 7) is 0. The van der Waals surface area contributed by atoms with Crippen LogP contribution in [0.4, 0.5) is 0 Å². The van der Waals surface area contributed by atoms with Gasteiger partial charge in [-0.3, -0.25) is 0 Å². The molecule has 7 heavy (non-hydrogen) atoms. The second kappa shape index (κ2) is 1.50. The Morgan fingerprint density at radius 1 is 1.86 bits per heavy atom. The summed E-state index contributed by atoms with van der Waals surface area (Å²) in [5.41, 5.74) is 0. The van der Waals surface area contributed by atoms with Crippen molar-refractivity contribution < 1.29 is 0 Å². The van der Waals surface area contributed by atoms with Gasteiger partial charge in [-0.15, -0.1) is 5.10 Å². The zero-order chi connectivity index (χ0) is 5.28. The van der Waals surface area contributed by atoms with Crippen molar-refractivity contribution in [2.75, 3.05) is 0 Å². The molecule has 0 spiro atoms. The highest BCUT2D eigenvalue weighted by atomic mass is 35.5. The Hall–Kier alpha value is -0.570. The topological polar surface area (TPSA) is 30.7 Å². The van der Waals surface area contributed by atoms with Crippen LogP contribution in [0, 0.1) is 7.05 Å². The van der Waals surface area contributed by atoms with E-state index in [-0.39, 0.29) is 5.28 Å². The number of nitrogens with zero attached hydrogens (tertiary/aromatic N) is 3. The highest BCUT2D eigenvalue weighted by molar-refractivity contribution is 6.28. The van der Waals surface area contributed by atoms with Crippen LogP contribution in [0.25, 0.3) is 0 Å². The minimum Gasteiger partial charge on any atom is -0.250 e. The fourth-order valence-electron chi connectivity index (χ4n) is 0.272. The van der Waals surface area contributed by atoms with E-state index in [9.17, 15) is 0 Å². The van der Waals surface area contributed by atoms with Gasteiger partial charge in [0.25, 0.3) is 0 Å². The molecule has 0 aliphatic heterocycles. The van der Waals surface area contributed by atoms with Crippen molar-refractivity contribution in [2.45, 2.75) is 0 Å². The monoisotopic (exact) mass is 116 g/mol. The van der Waals surface area contributed by atoms with E-state index in [0.29, 0.717) is 0 Å². The van der Waals surface area contributed by atoms with Gasteiger partial charge in [0.2, 0.25) is 5.28 Å². The second-order valence-electron chi connectivity index (χ2n) is 1.05. The van der Waals surface area contributed by atoms with Crippen molar-refractivity contribution in [2.24, 2.45) is 0 Å². The average molecular weight is 117 g/mol. The third kappa shape index (κ3) is 0.899. The molecule has 0 aliphatic carbocycles. The molecule has 0 saturated heterocycles. The van der Waals surface area contributed by atoms with Gasteiger partial charge in [-0.2, -0.15) is 0 Å². The van der Waals surface area contributed by atoms with Crippen molar-refractivity contribution in [1.29, 1.82) is 0 Å². The first-order valence-corrected chi connectivity index (χ1v) is 2.05. The fraction of sp³-hybridized carbons (Fsp3) is 0. The smallest absolute Gasteiger partial charge is 0.242 e. The van der Waals surface area contributed by atoms with E-state index in [1.165, 1.54) is 11.0 Å². The first kappa shape index (κ1) is 4.59. The third-order valence-corrected chi connectivity index (χ3v) is 0.682. The summed E-state index contributed by atoms with van der Waals surface area (Å²) < 4.78 is 1.29. The lowest BCUT2D eigenvalue weighted by Crippen LogP contribution is -1.81. The van der Waals surface area contributed by atoms with Crippen LogP contribution in [0.2, 0.25) is 5.28 Å². The van der Waals surface area contributed by atoms with E-state index >= 15 is 0 Å². The molecule has 37 valence electrons. The summed E-state index contributed by atoms with van der Waals surface area (Å²) >= 11 is 5.28. The Labute approximate surface area is 45.9 Å². The molecule has 1 rings (SSSR count). The SMILES string of the molecule is [CH2]n1cnc(Cl)n1. The Bertz CT molecular complexity index is 142. The fourth-order valence-corrected chi connectivity index (χ4v) is 0.413. The molecule has 0 saturated carbocycles. The van der Waals surface area contributed by atoms with Gasteiger partial charge >= 0.3 is 0 Å². The van der Waals surface area contributed by atoms with E-state index < -0.39 is 0 Å². The Morgan fingerprint density at radius 3 is 2.71 bits per heavy atom. The highest BCUT2D eigenvalue weighted by Gasteiger charge is 1.86. The Morgan fingerprint density at radius 2 is 2.57 bits per heavy atom. The van der Waals surface area contributed by atoms with Crippen LogP contribution in [0.3, 0.4) is 0 Å². The van der Waals surface area contributed by atoms with Crippen molar-refractivity contribution in [3.63, 3.8) is 0 Å². The quantitative estimate of drug-likeness (QED) is 0.496. The molecular formula is C3H3ClN3. The lowest BCUT2D eigenvalue weighted by Gasteiger charge is -1.75. The molecule has 0 aromatic carbocycles. The third-order valence-electron chi connectivity index (χ3n) is 0.509. The maximum atomic E-state index is 5.28. The van der Waals surface area contributed by atoms with Gasteiger partial charge in [0, 0.05) is 0 Å². The van der Waals surface area contributed by atoms with Crippen molar-refractivity contribution in [3.8, 4) is 0 Å². The van der Waals surface area contributed by atoms with Gasteiger partial charge in [0.05, 0.1) is 7.05 Å². The van der Waals surface area contributed by atoms with E-state index in [2.05, 4.69) is 17.1 Å². The number of hydrogen-bond acceptors (Lipinski definition) is 2. The number of halogens is 1. The van der Waals surface area contributed by atoms with Crippen LogP contribution in [-0.4, -0.2) is 14.8 Å². The van der Waals surface area contributed by atoms with Crippen LogP contribution in [0.5, 0.6) is 0 Å². The summed E-state index contributed by atoms with van der Waals surface area (Å²) in [6.07, 6.45) is 1.43. The van der Waals surface area contributed by atoms with E-state index in [4.69, 9.17) is 11.6 Å². The summed E-state index contributed by atoms with van der Waals surface area (Å²) in [5.74, 6) is 0. The zero-order valence-electron chi connectivity index (χ0n) is 3.50. The van der Waals surface area contributed by atoms with Crippen LogP contribution in [0.15, 0.2) is 6.33 Å². The summed E-state index contributed by atoms with van der Waals surface area (Å²) in [4.78, 5) is 3.57. The molecule has 0 unspecified atom stereocenters. The molecule has 4 heteroatoms. The molecule has 3 nitrogen and oxygen atoms in total. The van der Waals surface area contributed by atoms with E-state index in [0.717, 1.165) is 0 Å².